The third kappa shape index (κ3) is 3.12. The van der Waals surface area contributed by atoms with Gasteiger partial charge in [-0.3, -0.25) is 0 Å². The molecular weight excluding hydrogens is 326 g/mol. The van der Waals surface area contributed by atoms with Crippen molar-refractivity contribution in [3.63, 3.8) is 0 Å². The zero-order valence-electron chi connectivity index (χ0n) is 13.9. The van der Waals surface area contributed by atoms with Gasteiger partial charge in [-0.05, 0) is 43.5 Å². The summed E-state index contributed by atoms with van der Waals surface area (Å²) in [6, 6.07) is 7.82. The van der Waals surface area contributed by atoms with Crippen molar-refractivity contribution in [1.29, 1.82) is 5.26 Å². The van der Waals surface area contributed by atoms with Gasteiger partial charge in [0.15, 0.2) is 15.7 Å². The lowest BCUT2D eigenvalue weighted by Crippen LogP contribution is -2.33. The van der Waals surface area contributed by atoms with Gasteiger partial charge in [-0.25, -0.2) is 8.42 Å². The van der Waals surface area contributed by atoms with Gasteiger partial charge in [0, 0.05) is 13.1 Å². The van der Waals surface area contributed by atoms with Crippen LogP contribution in [0.2, 0.25) is 0 Å². The first-order valence-electron chi connectivity index (χ1n) is 7.68. The molecule has 1 atom stereocenters. The number of nitriles is 1. The molecule has 24 heavy (non-hydrogen) atoms. The van der Waals surface area contributed by atoms with Crippen molar-refractivity contribution >= 4 is 15.7 Å². The van der Waals surface area contributed by atoms with E-state index in [-0.39, 0.29) is 23.2 Å². The predicted octanol–water partition coefficient (Wildman–Crippen LogP) is 1.38. The molecule has 3 rings (SSSR count). The summed E-state index contributed by atoms with van der Waals surface area (Å²) in [6.45, 7) is 3.98. The van der Waals surface area contributed by atoms with Gasteiger partial charge < -0.3 is 4.90 Å². The van der Waals surface area contributed by atoms with Gasteiger partial charge in [0.1, 0.15) is 6.07 Å². The van der Waals surface area contributed by atoms with Gasteiger partial charge in [0.25, 0.3) is 0 Å². The molecule has 0 amide bonds. The molecule has 0 aliphatic carbocycles. The Kier molecular flexibility index (Phi) is 4.05. The highest BCUT2D eigenvalue weighted by Gasteiger charge is 2.33. The minimum absolute atomic E-state index is 0.0881. The van der Waals surface area contributed by atoms with Crippen LogP contribution in [0.3, 0.4) is 0 Å². The van der Waals surface area contributed by atoms with E-state index >= 15 is 0 Å². The second-order valence-corrected chi connectivity index (χ2v) is 8.52. The molecule has 8 heteroatoms. The smallest absolute Gasteiger partial charge is 0.207 e. The Labute approximate surface area is 141 Å². The SMILES string of the molecule is Cc1cc(C)cc(-n2nc(C#N)c(N(C)C3CCS(=O)(=O)C3)n2)c1. The Balaban J connectivity index is 1.98. The van der Waals surface area contributed by atoms with E-state index in [1.165, 1.54) is 4.80 Å². The van der Waals surface area contributed by atoms with E-state index < -0.39 is 9.84 Å². The number of hydrogen-bond acceptors (Lipinski definition) is 6. The molecule has 7 nitrogen and oxygen atoms in total. The van der Waals surface area contributed by atoms with Crippen LogP contribution in [0.25, 0.3) is 5.69 Å². The van der Waals surface area contributed by atoms with E-state index in [0.29, 0.717) is 12.2 Å². The summed E-state index contributed by atoms with van der Waals surface area (Å²) in [6.07, 6.45) is 0.542. The first-order valence-corrected chi connectivity index (χ1v) is 9.50. The van der Waals surface area contributed by atoms with E-state index in [1.807, 2.05) is 26.0 Å². The van der Waals surface area contributed by atoms with Gasteiger partial charge in [0.05, 0.1) is 17.2 Å². The molecule has 0 saturated carbocycles. The average Bonchev–Trinajstić information content (AvgIpc) is 3.08. The highest BCUT2D eigenvalue weighted by Crippen LogP contribution is 2.24. The average molecular weight is 345 g/mol. The molecule has 2 aromatic rings. The molecule has 0 bridgehead atoms. The van der Waals surface area contributed by atoms with Crippen LogP contribution in [-0.4, -0.2) is 48.0 Å². The van der Waals surface area contributed by atoms with Crippen molar-refractivity contribution in [3.05, 3.63) is 35.0 Å². The number of nitrogens with zero attached hydrogens (tertiary/aromatic N) is 5. The minimum Gasteiger partial charge on any atom is -0.352 e. The number of benzene rings is 1. The molecule has 1 aromatic heterocycles. The highest BCUT2D eigenvalue weighted by molar-refractivity contribution is 7.91. The normalized spacial score (nSPS) is 19.2. The van der Waals surface area contributed by atoms with Crippen molar-refractivity contribution in [2.75, 3.05) is 23.5 Å². The molecule has 126 valence electrons. The fourth-order valence-electron chi connectivity index (χ4n) is 3.04. The molecule has 1 aliphatic rings. The fraction of sp³-hybridized carbons (Fsp3) is 0.438. The molecule has 1 aliphatic heterocycles. The molecule has 0 N–H and O–H groups in total. The molecule has 1 saturated heterocycles. The third-order valence-corrected chi connectivity index (χ3v) is 5.98. The van der Waals surface area contributed by atoms with Crippen LogP contribution >= 0.6 is 0 Å². The fourth-order valence-corrected chi connectivity index (χ4v) is 4.82. The first-order chi connectivity index (χ1) is 11.3. The number of aryl methyl sites for hydroxylation is 2. The minimum atomic E-state index is -3.00. The number of aromatic nitrogens is 3. The van der Waals surface area contributed by atoms with E-state index in [1.54, 1.807) is 11.9 Å². The molecule has 2 heterocycles. The van der Waals surface area contributed by atoms with E-state index in [2.05, 4.69) is 22.3 Å². The Hall–Kier alpha value is -2.40. The summed E-state index contributed by atoms with van der Waals surface area (Å²) >= 11 is 0. The Morgan fingerprint density at radius 3 is 2.46 bits per heavy atom. The number of sulfone groups is 1. The van der Waals surface area contributed by atoms with Crippen LogP contribution in [0.4, 0.5) is 5.82 Å². The first kappa shape index (κ1) is 16.5. The summed E-state index contributed by atoms with van der Waals surface area (Å²) in [5, 5.41) is 18.1. The van der Waals surface area contributed by atoms with Crippen LogP contribution in [0.15, 0.2) is 18.2 Å². The van der Waals surface area contributed by atoms with Crippen molar-refractivity contribution in [3.8, 4) is 11.8 Å². The Morgan fingerprint density at radius 1 is 1.25 bits per heavy atom. The molecule has 1 unspecified atom stereocenters. The van der Waals surface area contributed by atoms with Crippen LogP contribution < -0.4 is 4.90 Å². The van der Waals surface area contributed by atoms with Gasteiger partial charge in [-0.2, -0.15) is 5.26 Å². The van der Waals surface area contributed by atoms with Crippen LogP contribution in [0.1, 0.15) is 23.2 Å². The zero-order valence-corrected chi connectivity index (χ0v) is 14.7. The summed E-state index contributed by atoms with van der Waals surface area (Å²) in [7, 11) is -1.24. The Morgan fingerprint density at radius 2 is 1.92 bits per heavy atom. The highest BCUT2D eigenvalue weighted by atomic mass is 32.2. The van der Waals surface area contributed by atoms with Gasteiger partial charge in [0.2, 0.25) is 5.69 Å². The van der Waals surface area contributed by atoms with Crippen LogP contribution in [0, 0.1) is 25.2 Å². The quantitative estimate of drug-likeness (QED) is 0.834. The summed E-state index contributed by atoms with van der Waals surface area (Å²) < 4.78 is 23.4. The molecule has 0 radical (unpaired) electrons. The summed E-state index contributed by atoms with van der Waals surface area (Å²) in [4.78, 5) is 3.20. The molecule has 1 aromatic carbocycles. The maximum Gasteiger partial charge on any atom is 0.207 e. The molecular formula is C16H19N5O2S. The van der Waals surface area contributed by atoms with Gasteiger partial charge in [-0.15, -0.1) is 15.0 Å². The number of anilines is 1. The van der Waals surface area contributed by atoms with E-state index in [9.17, 15) is 13.7 Å². The lowest BCUT2D eigenvalue weighted by atomic mass is 10.1. The van der Waals surface area contributed by atoms with Gasteiger partial charge in [-0.1, -0.05) is 6.07 Å². The largest absolute Gasteiger partial charge is 0.352 e. The van der Waals surface area contributed by atoms with Crippen molar-refractivity contribution in [2.24, 2.45) is 0 Å². The second kappa shape index (κ2) is 5.91. The monoisotopic (exact) mass is 345 g/mol. The van der Waals surface area contributed by atoms with Crippen molar-refractivity contribution < 1.29 is 8.42 Å². The molecule has 1 fully saturated rings. The van der Waals surface area contributed by atoms with E-state index in [0.717, 1.165) is 16.8 Å². The summed E-state index contributed by atoms with van der Waals surface area (Å²) in [5.41, 5.74) is 3.14. The predicted molar refractivity (Wildman–Crippen MR) is 91.0 cm³/mol. The van der Waals surface area contributed by atoms with Gasteiger partial charge >= 0.3 is 0 Å². The zero-order chi connectivity index (χ0) is 17.5. The topological polar surface area (TPSA) is 91.9 Å². The van der Waals surface area contributed by atoms with E-state index in [4.69, 9.17) is 0 Å². The van der Waals surface area contributed by atoms with Crippen molar-refractivity contribution in [1.82, 2.24) is 15.0 Å². The summed E-state index contributed by atoms with van der Waals surface area (Å²) in [5.74, 6) is 0.679. The molecule has 0 spiro atoms. The number of hydrogen-bond donors (Lipinski definition) is 0. The standard InChI is InChI=1S/C16H19N5O2S/c1-11-6-12(2)8-14(7-11)21-18-15(9-17)16(19-21)20(3)13-4-5-24(22,23)10-13/h6-8,13H,4-5,10H2,1-3H3. The van der Waals surface area contributed by atoms with Crippen LogP contribution in [-0.2, 0) is 9.84 Å². The lowest BCUT2D eigenvalue weighted by Gasteiger charge is -2.22. The van der Waals surface area contributed by atoms with Crippen LogP contribution in [0.5, 0.6) is 0 Å². The van der Waals surface area contributed by atoms with Crippen molar-refractivity contribution in [2.45, 2.75) is 26.3 Å². The second-order valence-electron chi connectivity index (χ2n) is 6.29. The Bertz CT molecular complexity index is 906. The maximum atomic E-state index is 11.7. The lowest BCUT2D eigenvalue weighted by molar-refractivity contribution is 0.600. The number of rotatable bonds is 3. The third-order valence-electron chi connectivity index (χ3n) is 4.23. The maximum absolute atomic E-state index is 11.7.